The molecule has 0 N–H and O–H groups in total. The van der Waals surface area contributed by atoms with E-state index in [0.29, 0.717) is 11.5 Å². The zero-order chi connectivity index (χ0) is 11.7. The van der Waals surface area contributed by atoms with Crippen LogP contribution in [-0.4, -0.2) is 22.3 Å². The molecule has 0 spiro atoms. The van der Waals surface area contributed by atoms with Gasteiger partial charge in [-0.2, -0.15) is 11.8 Å². The van der Waals surface area contributed by atoms with E-state index in [9.17, 15) is 4.79 Å². The fourth-order valence-electron chi connectivity index (χ4n) is 2.28. The smallest absolute Gasteiger partial charge is 0.146 e. The van der Waals surface area contributed by atoms with Crippen LogP contribution in [0, 0.1) is 5.92 Å². The van der Waals surface area contributed by atoms with Crippen LogP contribution in [0.1, 0.15) is 5.56 Å². The number of carbonyl (C=O) groups excluding carboxylic acids is 1. The summed E-state index contributed by atoms with van der Waals surface area (Å²) >= 11 is 1.74. The molecule has 0 saturated carbocycles. The number of para-hydroxylation sites is 1. The molecule has 1 aromatic carbocycles. The predicted octanol–water partition coefficient (Wildman–Crippen LogP) is 2.71. The molecule has 1 aliphatic heterocycles. The van der Waals surface area contributed by atoms with Crippen molar-refractivity contribution < 1.29 is 4.79 Å². The minimum Gasteiger partial charge on any atom is -0.298 e. The zero-order valence-electron chi connectivity index (χ0n) is 9.43. The van der Waals surface area contributed by atoms with Crippen molar-refractivity contribution in [3.8, 4) is 0 Å². The largest absolute Gasteiger partial charge is 0.298 e. The fourth-order valence-corrected chi connectivity index (χ4v) is 3.43. The molecule has 1 atom stereocenters. The molecular weight excluding hydrogens is 230 g/mol. The SMILES string of the molecule is O=C1CSCC1Cc1cccc2cccnc12. The first-order chi connectivity index (χ1) is 8.34. The van der Waals surface area contributed by atoms with Gasteiger partial charge in [0.05, 0.1) is 11.3 Å². The first-order valence-corrected chi connectivity index (χ1v) is 6.93. The molecule has 86 valence electrons. The van der Waals surface area contributed by atoms with Crippen molar-refractivity contribution in [2.24, 2.45) is 5.92 Å². The van der Waals surface area contributed by atoms with Crippen LogP contribution in [-0.2, 0) is 11.2 Å². The Kier molecular flexibility index (Phi) is 2.85. The average Bonchev–Trinajstić information content (AvgIpc) is 2.76. The number of Topliss-reactive ketones (excluding diaryl/α,β-unsaturated/α-hetero) is 1. The topological polar surface area (TPSA) is 30.0 Å². The first-order valence-electron chi connectivity index (χ1n) is 5.77. The Bertz CT molecular complexity index is 562. The van der Waals surface area contributed by atoms with Crippen molar-refractivity contribution in [3.05, 3.63) is 42.1 Å². The molecule has 0 radical (unpaired) electrons. The lowest BCUT2D eigenvalue weighted by Crippen LogP contribution is -2.14. The maximum Gasteiger partial charge on any atom is 0.146 e. The van der Waals surface area contributed by atoms with Crippen LogP contribution >= 0.6 is 11.8 Å². The Morgan fingerprint density at radius 2 is 2.18 bits per heavy atom. The summed E-state index contributed by atoms with van der Waals surface area (Å²) in [5.41, 5.74) is 2.24. The van der Waals surface area contributed by atoms with E-state index in [2.05, 4.69) is 23.2 Å². The third kappa shape index (κ3) is 2.07. The number of fused-ring (bicyclic) bond motifs is 1. The van der Waals surface area contributed by atoms with Gasteiger partial charge in [0, 0.05) is 23.3 Å². The Balaban J connectivity index is 1.97. The summed E-state index contributed by atoms with van der Waals surface area (Å²) < 4.78 is 0. The van der Waals surface area contributed by atoms with E-state index in [1.807, 2.05) is 18.3 Å². The van der Waals surface area contributed by atoms with E-state index < -0.39 is 0 Å². The van der Waals surface area contributed by atoms with Crippen LogP contribution in [0.3, 0.4) is 0 Å². The van der Waals surface area contributed by atoms with Crippen LogP contribution < -0.4 is 0 Å². The number of benzene rings is 1. The highest BCUT2D eigenvalue weighted by atomic mass is 32.2. The van der Waals surface area contributed by atoms with Crippen molar-refractivity contribution in [1.82, 2.24) is 4.98 Å². The Labute approximate surface area is 104 Å². The molecule has 2 nitrogen and oxygen atoms in total. The molecule has 1 saturated heterocycles. The highest BCUT2D eigenvalue weighted by molar-refractivity contribution is 8.00. The molecule has 3 heteroatoms. The molecule has 1 fully saturated rings. The summed E-state index contributed by atoms with van der Waals surface area (Å²) in [5, 5.41) is 1.16. The van der Waals surface area contributed by atoms with Crippen LogP contribution in [0.2, 0.25) is 0 Å². The van der Waals surface area contributed by atoms with E-state index >= 15 is 0 Å². The highest BCUT2D eigenvalue weighted by Gasteiger charge is 2.25. The van der Waals surface area contributed by atoms with E-state index in [4.69, 9.17) is 0 Å². The van der Waals surface area contributed by atoms with Gasteiger partial charge >= 0.3 is 0 Å². The number of nitrogens with zero attached hydrogens (tertiary/aromatic N) is 1. The third-order valence-electron chi connectivity index (χ3n) is 3.20. The van der Waals surface area contributed by atoms with Crippen LogP contribution in [0.15, 0.2) is 36.5 Å². The number of hydrogen-bond donors (Lipinski definition) is 0. The quantitative estimate of drug-likeness (QED) is 0.812. The Hall–Kier alpha value is -1.35. The normalized spacial score (nSPS) is 20.0. The van der Waals surface area contributed by atoms with Gasteiger partial charge < -0.3 is 0 Å². The number of aromatic nitrogens is 1. The van der Waals surface area contributed by atoms with E-state index in [1.54, 1.807) is 11.8 Å². The van der Waals surface area contributed by atoms with Crippen LogP contribution in [0.25, 0.3) is 10.9 Å². The van der Waals surface area contributed by atoms with Gasteiger partial charge in [-0.05, 0) is 18.1 Å². The summed E-state index contributed by atoms with van der Waals surface area (Å²) in [6.07, 6.45) is 2.65. The lowest BCUT2D eigenvalue weighted by molar-refractivity contribution is -0.119. The second kappa shape index (κ2) is 4.49. The van der Waals surface area contributed by atoms with Gasteiger partial charge in [-0.3, -0.25) is 9.78 Å². The lowest BCUT2D eigenvalue weighted by Gasteiger charge is -2.09. The number of hydrogen-bond acceptors (Lipinski definition) is 3. The van der Waals surface area contributed by atoms with Crippen molar-refractivity contribution >= 4 is 28.4 Å². The number of thioether (sulfide) groups is 1. The van der Waals surface area contributed by atoms with E-state index in [0.717, 1.165) is 23.1 Å². The van der Waals surface area contributed by atoms with Gasteiger partial charge in [0.25, 0.3) is 0 Å². The summed E-state index contributed by atoms with van der Waals surface area (Å²) in [6, 6.07) is 10.2. The van der Waals surface area contributed by atoms with Crippen molar-refractivity contribution in [1.29, 1.82) is 0 Å². The van der Waals surface area contributed by atoms with Gasteiger partial charge in [-0.1, -0.05) is 24.3 Å². The Morgan fingerprint density at radius 1 is 1.29 bits per heavy atom. The Morgan fingerprint density at radius 3 is 3.00 bits per heavy atom. The number of carbonyl (C=O) groups is 1. The monoisotopic (exact) mass is 243 g/mol. The second-order valence-corrected chi connectivity index (χ2v) is 5.41. The van der Waals surface area contributed by atoms with Gasteiger partial charge in [0.1, 0.15) is 5.78 Å². The van der Waals surface area contributed by atoms with Gasteiger partial charge in [0.2, 0.25) is 0 Å². The molecule has 1 unspecified atom stereocenters. The highest BCUT2D eigenvalue weighted by Crippen LogP contribution is 2.26. The van der Waals surface area contributed by atoms with Crippen molar-refractivity contribution in [2.45, 2.75) is 6.42 Å². The molecule has 0 bridgehead atoms. The first kappa shape index (κ1) is 10.8. The zero-order valence-corrected chi connectivity index (χ0v) is 10.2. The molecule has 0 aliphatic carbocycles. The average molecular weight is 243 g/mol. The standard InChI is InChI=1S/C14H13NOS/c16-13-9-17-8-12(13)7-11-4-1-3-10-5-2-6-15-14(10)11/h1-6,12H,7-9H2. The van der Waals surface area contributed by atoms with Gasteiger partial charge in [0.15, 0.2) is 0 Å². The molecule has 1 aromatic heterocycles. The van der Waals surface area contributed by atoms with Crippen LogP contribution in [0.4, 0.5) is 0 Å². The summed E-state index contributed by atoms with van der Waals surface area (Å²) in [6.45, 7) is 0. The number of ketones is 1. The van der Waals surface area contributed by atoms with E-state index in [-0.39, 0.29) is 5.92 Å². The van der Waals surface area contributed by atoms with Crippen molar-refractivity contribution in [3.63, 3.8) is 0 Å². The third-order valence-corrected chi connectivity index (χ3v) is 4.33. The molecule has 1 aliphatic rings. The lowest BCUT2D eigenvalue weighted by atomic mass is 9.96. The maximum absolute atomic E-state index is 11.7. The number of pyridine rings is 1. The number of rotatable bonds is 2. The van der Waals surface area contributed by atoms with Gasteiger partial charge in [-0.25, -0.2) is 0 Å². The second-order valence-electron chi connectivity index (χ2n) is 4.37. The summed E-state index contributed by atoms with van der Waals surface area (Å²) in [5.74, 6) is 2.22. The molecular formula is C14H13NOS. The fraction of sp³-hybridized carbons (Fsp3) is 0.286. The van der Waals surface area contributed by atoms with Crippen LogP contribution in [0.5, 0.6) is 0 Å². The molecule has 2 heterocycles. The van der Waals surface area contributed by atoms with Gasteiger partial charge in [-0.15, -0.1) is 0 Å². The minimum atomic E-state index is 0.188. The van der Waals surface area contributed by atoms with Crippen molar-refractivity contribution in [2.75, 3.05) is 11.5 Å². The summed E-state index contributed by atoms with van der Waals surface area (Å²) in [4.78, 5) is 16.1. The molecule has 3 rings (SSSR count). The maximum atomic E-state index is 11.7. The molecule has 2 aromatic rings. The molecule has 0 amide bonds. The molecule has 17 heavy (non-hydrogen) atoms. The minimum absolute atomic E-state index is 0.188. The predicted molar refractivity (Wildman–Crippen MR) is 71.3 cm³/mol. The van der Waals surface area contributed by atoms with E-state index in [1.165, 1.54) is 5.56 Å². The summed E-state index contributed by atoms with van der Waals surface area (Å²) in [7, 11) is 0.